The molecule has 0 saturated carbocycles. The first-order valence-corrected chi connectivity index (χ1v) is 8.36. The Labute approximate surface area is 147 Å². The summed E-state index contributed by atoms with van der Waals surface area (Å²) in [6.07, 6.45) is 8.14. The molecule has 0 N–H and O–H groups in total. The first-order valence-electron chi connectivity index (χ1n) is 8.36. The highest BCUT2D eigenvalue weighted by molar-refractivity contribution is 5.76. The van der Waals surface area contributed by atoms with Gasteiger partial charge in [-0.05, 0) is 29.7 Å². The van der Waals surface area contributed by atoms with Crippen molar-refractivity contribution in [3.05, 3.63) is 78.4 Å². The van der Waals surface area contributed by atoms with Crippen molar-refractivity contribution in [2.45, 2.75) is 25.9 Å². The van der Waals surface area contributed by atoms with E-state index in [2.05, 4.69) is 27.4 Å². The maximum Gasteiger partial charge on any atom is 0.224 e. The van der Waals surface area contributed by atoms with Gasteiger partial charge in [0.25, 0.3) is 0 Å². The van der Waals surface area contributed by atoms with Crippen LogP contribution in [-0.4, -0.2) is 37.3 Å². The molecule has 25 heavy (non-hydrogen) atoms. The molecule has 0 aliphatic rings. The minimum absolute atomic E-state index is 0.114. The summed E-state index contributed by atoms with van der Waals surface area (Å²) in [4.78, 5) is 18.7. The van der Waals surface area contributed by atoms with Gasteiger partial charge in [0.2, 0.25) is 5.91 Å². The van der Waals surface area contributed by atoms with Gasteiger partial charge in [-0.3, -0.25) is 14.5 Å². The lowest BCUT2D eigenvalue weighted by molar-refractivity contribution is -0.132. The van der Waals surface area contributed by atoms with Crippen molar-refractivity contribution in [1.29, 1.82) is 0 Å². The van der Waals surface area contributed by atoms with Gasteiger partial charge in [0.15, 0.2) is 0 Å². The first kappa shape index (κ1) is 16.8. The molecule has 128 valence electrons. The molecule has 0 radical (unpaired) electrons. The van der Waals surface area contributed by atoms with E-state index in [1.807, 2.05) is 35.2 Å². The maximum atomic E-state index is 12.7. The molecule has 0 aliphatic carbocycles. The van der Waals surface area contributed by atoms with E-state index < -0.39 is 0 Å². The molecule has 1 aromatic carbocycles. The Bertz CT molecular complexity index is 759. The van der Waals surface area contributed by atoms with Gasteiger partial charge in [-0.1, -0.05) is 35.5 Å². The van der Waals surface area contributed by atoms with E-state index in [4.69, 9.17) is 0 Å². The van der Waals surface area contributed by atoms with Crippen LogP contribution in [0.15, 0.2) is 67.3 Å². The Kier molecular flexibility index (Phi) is 5.87. The molecule has 3 aromatic rings. The van der Waals surface area contributed by atoms with E-state index in [1.165, 1.54) is 5.56 Å². The number of hydrogen-bond donors (Lipinski definition) is 0. The fourth-order valence-corrected chi connectivity index (χ4v) is 2.63. The Morgan fingerprint density at radius 1 is 1.00 bits per heavy atom. The van der Waals surface area contributed by atoms with E-state index in [1.54, 1.807) is 29.5 Å². The molecule has 3 rings (SSSR count). The van der Waals surface area contributed by atoms with Crippen LogP contribution in [-0.2, 0) is 24.3 Å². The number of amides is 1. The van der Waals surface area contributed by atoms with Crippen LogP contribution in [0, 0.1) is 0 Å². The quantitative estimate of drug-likeness (QED) is 0.634. The molecule has 6 heteroatoms. The lowest BCUT2D eigenvalue weighted by Gasteiger charge is -2.23. The van der Waals surface area contributed by atoms with Crippen molar-refractivity contribution in [1.82, 2.24) is 24.9 Å². The number of aromatic nitrogens is 4. The maximum absolute atomic E-state index is 12.7. The molecule has 0 fully saturated rings. The van der Waals surface area contributed by atoms with Gasteiger partial charge in [-0.2, -0.15) is 0 Å². The van der Waals surface area contributed by atoms with Gasteiger partial charge in [0, 0.05) is 38.1 Å². The molecule has 2 aromatic heterocycles. The zero-order valence-corrected chi connectivity index (χ0v) is 14.0. The zero-order valence-electron chi connectivity index (χ0n) is 14.0. The standard InChI is InChI=1S/C19H21N5O/c25-19(9-14-24-15-12-21-22-24)23(16-18-6-10-20-11-7-18)13-8-17-4-2-1-3-5-17/h1-7,10-12,15H,8-9,13-14,16H2. The number of carbonyl (C=O) groups excluding carboxylic acids is 1. The van der Waals surface area contributed by atoms with Crippen molar-refractivity contribution >= 4 is 5.91 Å². The van der Waals surface area contributed by atoms with Gasteiger partial charge in [0.05, 0.1) is 12.7 Å². The summed E-state index contributed by atoms with van der Waals surface area (Å²) in [6, 6.07) is 14.1. The fourth-order valence-electron chi connectivity index (χ4n) is 2.63. The summed E-state index contributed by atoms with van der Waals surface area (Å²) in [5, 5.41) is 7.68. The van der Waals surface area contributed by atoms with E-state index in [9.17, 15) is 4.79 Å². The van der Waals surface area contributed by atoms with Gasteiger partial charge in [0.1, 0.15) is 0 Å². The lowest BCUT2D eigenvalue weighted by atomic mass is 10.1. The van der Waals surface area contributed by atoms with Gasteiger partial charge in [-0.15, -0.1) is 5.10 Å². The average Bonchev–Trinajstić information content (AvgIpc) is 3.18. The van der Waals surface area contributed by atoms with E-state index >= 15 is 0 Å². The van der Waals surface area contributed by atoms with Crippen molar-refractivity contribution in [2.24, 2.45) is 0 Å². The van der Waals surface area contributed by atoms with Crippen molar-refractivity contribution in [2.75, 3.05) is 6.54 Å². The summed E-state index contributed by atoms with van der Waals surface area (Å²) >= 11 is 0. The van der Waals surface area contributed by atoms with Crippen LogP contribution in [0.3, 0.4) is 0 Å². The SMILES string of the molecule is O=C(CCn1ccnn1)N(CCc1ccccc1)Cc1ccncc1. The van der Waals surface area contributed by atoms with E-state index in [-0.39, 0.29) is 5.91 Å². The topological polar surface area (TPSA) is 63.9 Å². The first-order chi connectivity index (χ1) is 12.3. The van der Waals surface area contributed by atoms with Gasteiger partial charge < -0.3 is 4.90 Å². The molecule has 1 amide bonds. The number of hydrogen-bond acceptors (Lipinski definition) is 4. The van der Waals surface area contributed by atoms with Crippen LogP contribution in [0.5, 0.6) is 0 Å². The molecule has 0 saturated heterocycles. The molecular formula is C19H21N5O. The number of pyridine rings is 1. The normalized spacial score (nSPS) is 10.6. The monoisotopic (exact) mass is 335 g/mol. The Morgan fingerprint density at radius 3 is 2.52 bits per heavy atom. The van der Waals surface area contributed by atoms with Crippen LogP contribution >= 0.6 is 0 Å². The smallest absolute Gasteiger partial charge is 0.224 e. The summed E-state index contributed by atoms with van der Waals surface area (Å²) in [5.74, 6) is 0.114. The third kappa shape index (κ3) is 5.24. The van der Waals surface area contributed by atoms with E-state index in [0.717, 1.165) is 12.0 Å². The summed E-state index contributed by atoms with van der Waals surface area (Å²) in [7, 11) is 0. The van der Waals surface area contributed by atoms with Crippen LogP contribution in [0.4, 0.5) is 0 Å². The highest BCUT2D eigenvalue weighted by Crippen LogP contribution is 2.09. The lowest BCUT2D eigenvalue weighted by Crippen LogP contribution is -2.33. The molecule has 0 spiro atoms. The predicted octanol–water partition coefficient (Wildman–Crippen LogP) is 2.33. The van der Waals surface area contributed by atoms with Crippen LogP contribution in [0.25, 0.3) is 0 Å². The Balaban J connectivity index is 1.63. The number of rotatable bonds is 8. The molecule has 6 nitrogen and oxygen atoms in total. The molecule has 0 aliphatic heterocycles. The fraction of sp³-hybridized carbons (Fsp3) is 0.263. The summed E-state index contributed by atoms with van der Waals surface area (Å²) in [5.41, 5.74) is 2.31. The highest BCUT2D eigenvalue weighted by Gasteiger charge is 2.14. The minimum Gasteiger partial charge on any atom is -0.338 e. The molecule has 0 bridgehead atoms. The van der Waals surface area contributed by atoms with Crippen molar-refractivity contribution < 1.29 is 4.79 Å². The van der Waals surface area contributed by atoms with Crippen LogP contribution in [0.1, 0.15) is 17.5 Å². The predicted molar refractivity (Wildman–Crippen MR) is 94.4 cm³/mol. The van der Waals surface area contributed by atoms with Crippen molar-refractivity contribution in [3.63, 3.8) is 0 Å². The average molecular weight is 335 g/mol. The number of nitrogens with zero attached hydrogens (tertiary/aromatic N) is 5. The van der Waals surface area contributed by atoms with Gasteiger partial charge >= 0.3 is 0 Å². The van der Waals surface area contributed by atoms with Gasteiger partial charge in [-0.25, -0.2) is 0 Å². The second-order valence-electron chi connectivity index (χ2n) is 5.82. The second-order valence-corrected chi connectivity index (χ2v) is 5.82. The van der Waals surface area contributed by atoms with Crippen molar-refractivity contribution in [3.8, 4) is 0 Å². The summed E-state index contributed by atoms with van der Waals surface area (Å²) in [6.45, 7) is 1.81. The molecule has 0 unspecified atom stereocenters. The third-order valence-electron chi connectivity index (χ3n) is 4.02. The number of benzene rings is 1. The number of aryl methyl sites for hydroxylation is 1. The number of carbonyl (C=O) groups is 1. The molecule has 0 atom stereocenters. The largest absolute Gasteiger partial charge is 0.338 e. The van der Waals surface area contributed by atoms with Crippen LogP contribution in [0.2, 0.25) is 0 Å². The highest BCUT2D eigenvalue weighted by atomic mass is 16.2. The minimum atomic E-state index is 0.114. The molecular weight excluding hydrogens is 314 g/mol. The Morgan fingerprint density at radius 2 is 1.80 bits per heavy atom. The Hall–Kier alpha value is -3.02. The second kappa shape index (κ2) is 8.73. The zero-order chi connectivity index (χ0) is 17.3. The third-order valence-corrected chi connectivity index (χ3v) is 4.02. The summed E-state index contributed by atoms with van der Waals surface area (Å²) < 4.78 is 1.68. The van der Waals surface area contributed by atoms with Crippen LogP contribution < -0.4 is 0 Å². The van der Waals surface area contributed by atoms with E-state index in [0.29, 0.717) is 26.1 Å². The molecule has 2 heterocycles.